The molecule has 0 aliphatic rings. The molecule has 0 saturated carbocycles. The smallest absolute Gasteiger partial charge is 0 e. The van der Waals surface area contributed by atoms with Crippen molar-refractivity contribution in [3.05, 3.63) is 36.4 Å². The van der Waals surface area contributed by atoms with Crippen LogP contribution in [0.1, 0.15) is 0 Å². The van der Waals surface area contributed by atoms with Crippen molar-refractivity contribution < 1.29 is 16.5 Å². The van der Waals surface area contributed by atoms with Gasteiger partial charge in [-0.15, -0.1) is 0 Å². The third kappa shape index (κ3) is 3.95. The molecule has 1 rings (SSSR count). The average molecular weight is 147 g/mol. The molecule has 0 fully saturated rings. The van der Waals surface area contributed by atoms with Crippen LogP contribution in [0.5, 0.6) is 0 Å². The number of rotatable bonds is 0. The first-order chi connectivity index (χ1) is 3.00. The zero-order valence-electron chi connectivity index (χ0n) is 4.28. The largest absolute Gasteiger partial charge is 0.184 e. The Morgan fingerprint density at radius 2 is 1.38 bits per heavy atom. The van der Waals surface area contributed by atoms with Crippen LogP contribution in [0, 0.1) is 6.07 Å². The van der Waals surface area contributed by atoms with Crippen LogP contribution in [0.4, 0.5) is 0 Å². The second-order valence-electron chi connectivity index (χ2n) is 1.08. The molecule has 0 spiro atoms. The first-order valence-electron chi connectivity index (χ1n) is 1.91. The fraction of sp³-hybridized carbons (Fsp3) is 0. The Bertz CT molecular complexity index is 80.5. The second-order valence-corrected chi connectivity index (χ2v) is 1.08. The normalized spacial score (nSPS) is 6.00. The van der Waals surface area contributed by atoms with Gasteiger partial charge in [-0.05, 0) is 0 Å². The van der Waals surface area contributed by atoms with Gasteiger partial charge in [-0.25, -0.2) is 0 Å². The quantitative estimate of drug-likeness (QED) is 0.380. The average Bonchev–Trinajstić information content (AvgIpc) is 1.72. The molecule has 0 aliphatic carbocycles. The fourth-order valence-corrected chi connectivity index (χ4v) is 0.342. The predicted octanol–water partition coefficient (Wildman–Crippen LogP) is 1.10. The van der Waals surface area contributed by atoms with Crippen LogP contribution in [0.3, 0.4) is 0 Å². The van der Waals surface area contributed by atoms with E-state index in [1.807, 2.05) is 30.3 Å². The van der Waals surface area contributed by atoms with Crippen LogP contribution >= 0.6 is 0 Å². The van der Waals surface area contributed by atoms with Crippen LogP contribution in [-0.4, -0.2) is 8.41 Å². The summed E-state index contributed by atoms with van der Waals surface area (Å²) >= 11 is 0. The van der Waals surface area contributed by atoms with Crippen molar-refractivity contribution in [1.29, 1.82) is 0 Å². The summed E-state index contributed by atoms with van der Waals surface area (Å²) in [7, 11) is 0. The van der Waals surface area contributed by atoms with Gasteiger partial charge in [0, 0.05) is 24.9 Å². The summed E-state index contributed by atoms with van der Waals surface area (Å²) in [5.41, 5.74) is 0. The maximum atomic E-state index is 2.89. The van der Waals surface area contributed by atoms with Gasteiger partial charge in [-0.1, -0.05) is 0 Å². The van der Waals surface area contributed by atoms with Gasteiger partial charge in [0.15, 0.2) is 0 Å². The Labute approximate surface area is 61.8 Å². The molecule has 0 bridgehead atoms. The molecular weight excluding hydrogens is 142 g/mol. The van der Waals surface area contributed by atoms with Crippen molar-refractivity contribution in [2.45, 2.75) is 0 Å². The molecule has 0 saturated heterocycles. The number of hydrogen-bond acceptors (Lipinski definition) is 0. The zero-order chi connectivity index (χ0) is 4.24. The predicted molar refractivity (Wildman–Crippen MR) is 31.0 cm³/mol. The molecule has 3 radical (unpaired) electrons. The molecular formula is C6H5BNi-. The van der Waals surface area contributed by atoms with E-state index < -0.39 is 0 Å². The van der Waals surface area contributed by atoms with Crippen molar-refractivity contribution >= 4 is 8.41 Å². The Balaban J connectivity index is 0. The molecule has 43 valence electrons. The molecule has 2 heteroatoms. The van der Waals surface area contributed by atoms with E-state index in [2.05, 4.69) is 6.07 Å². The molecule has 0 atom stereocenters. The Kier molecular flexibility index (Phi) is 9.07. The van der Waals surface area contributed by atoms with Gasteiger partial charge < -0.3 is 0 Å². The van der Waals surface area contributed by atoms with Crippen molar-refractivity contribution in [3.63, 3.8) is 0 Å². The van der Waals surface area contributed by atoms with Gasteiger partial charge in [0.05, 0.1) is 0 Å². The monoisotopic (exact) mass is 146 g/mol. The first kappa shape index (κ1) is 10.7. The van der Waals surface area contributed by atoms with Crippen molar-refractivity contribution in [2.24, 2.45) is 0 Å². The first-order valence-corrected chi connectivity index (χ1v) is 1.91. The molecule has 0 aliphatic heterocycles. The van der Waals surface area contributed by atoms with Crippen molar-refractivity contribution in [1.82, 2.24) is 0 Å². The van der Waals surface area contributed by atoms with E-state index in [9.17, 15) is 0 Å². The van der Waals surface area contributed by atoms with E-state index in [-0.39, 0.29) is 24.9 Å². The third-order valence-electron chi connectivity index (χ3n) is 0.607. The van der Waals surface area contributed by atoms with E-state index in [0.717, 1.165) is 0 Å². The molecule has 0 aromatic heterocycles. The SMILES string of the molecule is [B].[Ni].[c-]1ccccc1. The van der Waals surface area contributed by atoms with Crippen LogP contribution in [0.25, 0.3) is 0 Å². The molecule has 0 N–H and O–H groups in total. The minimum atomic E-state index is 0. The summed E-state index contributed by atoms with van der Waals surface area (Å²) < 4.78 is 0. The van der Waals surface area contributed by atoms with Gasteiger partial charge in [0.25, 0.3) is 0 Å². The summed E-state index contributed by atoms with van der Waals surface area (Å²) in [6.45, 7) is 0. The van der Waals surface area contributed by atoms with Gasteiger partial charge in [-0.3, -0.25) is 0 Å². The van der Waals surface area contributed by atoms with Gasteiger partial charge in [0.2, 0.25) is 0 Å². The Morgan fingerprint density at radius 1 is 0.875 bits per heavy atom. The minimum absolute atomic E-state index is 0. The van der Waals surface area contributed by atoms with E-state index in [0.29, 0.717) is 0 Å². The van der Waals surface area contributed by atoms with Crippen molar-refractivity contribution in [3.8, 4) is 0 Å². The van der Waals surface area contributed by atoms with Crippen LogP contribution in [0.2, 0.25) is 0 Å². The van der Waals surface area contributed by atoms with E-state index in [1.165, 1.54) is 0 Å². The number of benzene rings is 1. The Hall–Kier alpha value is -0.222. The van der Waals surface area contributed by atoms with E-state index in [1.54, 1.807) is 0 Å². The molecule has 0 amide bonds. The summed E-state index contributed by atoms with van der Waals surface area (Å²) in [5, 5.41) is 0. The van der Waals surface area contributed by atoms with Gasteiger partial charge in [-0.2, -0.15) is 36.4 Å². The molecule has 8 heavy (non-hydrogen) atoms. The van der Waals surface area contributed by atoms with Crippen molar-refractivity contribution in [2.75, 3.05) is 0 Å². The molecule has 1 aromatic rings. The summed E-state index contributed by atoms with van der Waals surface area (Å²) in [4.78, 5) is 0. The standard InChI is InChI=1S/C6H5.B.Ni/c1-2-4-6-5-3-1;;/h1-5H;;/q-1;;. The Morgan fingerprint density at radius 3 is 1.50 bits per heavy atom. The van der Waals surface area contributed by atoms with Gasteiger partial charge in [0.1, 0.15) is 0 Å². The topological polar surface area (TPSA) is 0 Å². The summed E-state index contributed by atoms with van der Waals surface area (Å²) in [5.74, 6) is 0. The molecule has 0 nitrogen and oxygen atoms in total. The van der Waals surface area contributed by atoms with E-state index in [4.69, 9.17) is 0 Å². The maximum Gasteiger partial charge on any atom is 0 e. The van der Waals surface area contributed by atoms with Gasteiger partial charge >= 0.3 is 0 Å². The molecule has 0 unspecified atom stereocenters. The second kappa shape index (κ2) is 6.78. The molecule has 1 aromatic carbocycles. The van der Waals surface area contributed by atoms with Crippen LogP contribution < -0.4 is 0 Å². The minimum Gasteiger partial charge on any atom is -0.184 e. The third-order valence-corrected chi connectivity index (χ3v) is 0.607. The maximum absolute atomic E-state index is 2.89. The van der Waals surface area contributed by atoms with Crippen LogP contribution in [0.15, 0.2) is 30.3 Å². The molecule has 0 heterocycles. The summed E-state index contributed by atoms with van der Waals surface area (Å²) in [6, 6.07) is 12.5. The number of hydrogen-bond donors (Lipinski definition) is 0. The van der Waals surface area contributed by atoms with Crippen LogP contribution in [-0.2, 0) is 16.5 Å². The van der Waals surface area contributed by atoms with E-state index >= 15 is 0 Å². The zero-order valence-corrected chi connectivity index (χ0v) is 5.27. The summed E-state index contributed by atoms with van der Waals surface area (Å²) in [6.07, 6.45) is 0. The fourth-order valence-electron chi connectivity index (χ4n) is 0.342.